The van der Waals surface area contributed by atoms with E-state index in [2.05, 4.69) is 28.8 Å². The maximum atomic E-state index is 11.5. The van der Waals surface area contributed by atoms with Gasteiger partial charge in [-0.15, -0.1) is 0 Å². The van der Waals surface area contributed by atoms with Crippen LogP contribution in [-0.4, -0.2) is 53.7 Å². The van der Waals surface area contributed by atoms with E-state index in [0.29, 0.717) is 17.4 Å². The first-order valence-electron chi connectivity index (χ1n) is 7.27. The molecule has 0 amide bonds. The average Bonchev–Trinajstić information content (AvgIpc) is 2.87. The van der Waals surface area contributed by atoms with Crippen LogP contribution in [0.2, 0.25) is 0 Å². The maximum Gasteiger partial charge on any atom is 0.339 e. The molecule has 0 bridgehead atoms. The molecule has 1 atom stereocenters. The number of carboxylic acids is 1. The Bertz CT molecular complexity index is 544. The van der Waals surface area contributed by atoms with Crippen molar-refractivity contribution in [2.45, 2.75) is 32.2 Å². The quantitative estimate of drug-likeness (QED) is 0.884. The number of likely N-dealkylation sites (N-methyl/N-ethyl adjacent to an activating group) is 1. The third-order valence-corrected chi connectivity index (χ3v) is 4.52. The molecule has 1 aliphatic heterocycles. The number of carbonyl (C=O) groups is 1. The molecular formula is C15H21N3O2. The fourth-order valence-corrected chi connectivity index (χ4v) is 3.10. The van der Waals surface area contributed by atoms with Gasteiger partial charge in [-0.1, -0.05) is 0 Å². The summed E-state index contributed by atoms with van der Waals surface area (Å²) in [6.45, 7) is 4.79. The van der Waals surface area contributed by atoms with Gasteiger partial charge in [-0.3, -0.25) is 0 Å². The van der Waals surface area contributed by atoms with Crippen LogP contribution in [0.3, 0.4) is 0 Å². The minimum Gasteiger partial charge on any atom is -0.478 e. The molecule has 3 rings (SSSR count). The Hall–Kier alpha value is -1.62. The number of hydrogen-bond acceptors (Lipinski definition) is 4. The predicted molar refractivity (Wildman–Crippen MR) is 77.5 cm³/mol. The molecule has 2 aliphatic rings. The Morgan fingerprint density at radius 2 is 2.20 bits per heavy atom. The summed E-state index contributed by atoms with van der Waals surface area (Å²) in [5.41, 5.74) is 2.58. The smallest absolute Gasteiger partial charge is 0.339 e. The fraction of sp³-hybridized carbons (Fsp3) is 0.600. The summed E-state index contributed by atoms with van der Waals surface area (Å²) in [6.07, 6.45) is 3.03. The van der Waals surface area contributed by atoms with Crippen LogP contribution in [0.5, 0.6) is 0 Å². The maximum absolute atomic E-state index is 11.5. The van der Waals surface area contributed by atoms with Gasteiger partial charge in [0, 0.05) is 31.4 Å². The van der Waals surface area contributed by atoms with Crippen LogP contribution in [0.25, 0.3) is 0 Å². The van der Waals surface area contributed by atoms with Gasteiger partial charge >= 0.3 is 5.97 Å². The zero-order chi connectivity index (χ0) is 14.3. The molecule has 1 fully saturated rings. The number of anilines is 1. The number of aromatic nitrogens is 1. The van der Waals surface area contributed by atoms with Gasteiger partial charge in [0.05, 0.1) is 0 Å². The van der Waals surface area contributed by atoms with Crippen molar-refractivity contribution in [3.8, 4) is 0 Å². The second-order valence-electron chi connectivity index (χ2n) is 5.90. The minimum absolute atomic E-state index is 0.363. The van der Waals surface area contributed by atoms with E-state index < -0.39 is 5.97 Å². The number of carboxylic acid groups (broad SMARTS) is 1. The van der Waals surface area contributed by atoms with Gasteiger partial charge in [0.1, 0.15) is 11.4 Å². The summed E-state index contributed by atoms with van der Waals surface area (Å²) in [7, 11) is 2.11. The Balaban J connectivity index is 1.97. The van der Waals surface area contributed by atoms with Crippen LogP contribution in [0.1, 0.15) is 35.0 Å². The molecule has 108 valence electrons. The van der Waals surface area contributed by atoms with E-state index in [4.69, 9.17) is 0 Å². The van der Waals surface area contributed by atoms with Crippen LogP contribution in [0, 0.1) is 0 Å². The Morgan fingerprint density at radius 3 is 2.90 bits per heavy atom. The normalized spacial score (nSPS) is 22.9. The SMILES string of the molecule is CC1CN(c2nc3c(cc2C(=O)O)CCC3)CCN1C. The Kier molecular flexibility index (Phi) is 3.38. The highest BCUT2D eigenvalue weighted by Gasteiger charge is 2.27. The van der Waals surface area contributed by atoms with Crippen LogP contribution in [-0.2, 0) is 12.8 Å². The lowest BCUT2D eigenvalue weighted by Crippen LogP contribution is -2.50. The second kappa shape index (κ2) is 5.05. The first kappa shape index (κ1) is 13.4. The van der Waals surface area contributed by atoms with E-state index in [0.717, 1.165) is 50.2 Å². The van der Waals surface area contributed by atoms with Gasteiger partial charge in [0.15, 0.2) is 0 Å². The fourth-order valence-electron chi connectivity index (χ4n) is 3.10. The summed E-state index contributed by atoms with van der Waals surface area (Å²) < 4.78 is 0. The minimum atomic E-state index is -0.867. The molecular weight excluding hydrogens is 254 g/mol. The molecule has 0 radical (unpaired) electrons. The number of pyridine rings is 1. The van der Waals surface area contributed by atoms with Gasteiger partial charge in [-0.25, -0.2) is 9.78 Å². The lowest BCUT2D eigenvalue weighted by molar-refractivity contribution is 0.0696. The summed E-state index contributed by atoms with van der Waals surface area (Å²) in [4.78, 5) is 20.6. The molecule has 1 aromatic heterocycles. The first-order valence-corrected chi connectivity index (χ1v) is 7.27. The molecule has 0 saturated carbocycles. The molecule has 2 heterocycles. The highest BCUT2D eigenvalue weighted by Crippen LogP contribution is 2.28. The third-order valence-electron chi connectivity index (χ3n) is 4.52. The van der Waals surface area contributed by atoms with Crippen molar-refractivity contribution in [2.24, 2.45) is 0 Å². The second-order valence-corrected chi connectivity index (χ2v) is 5.90. The first-order chi connectivity index (χ1) is 9.56. The number of aromatic carboxylic acids is 1. The highest BCUT2D eigenvalue weighted by atomic mass is 16.4. The van der Waals surface area contributed by atoms with Gasteiger partial charge in [-0.2, -0.15) is 0 Å². The molecule has 1 unspecified atom stereocenters. The van der Waals surface area contributed by atoms with Gasteiger partial charge in [-0.05, 0) is 44.9 Å². The summed E-state index contributed by atoms with van der Waals surface area (Å²) >= 11 is 0. The lowest BCUT2D eigenvalue weighted by atomic mass is 10.1. The van der Waals surface area contributed by atoms with E-state index in [1.807, 2.05) is 6.07 Å². The van der Waals surface area contributed by atoms with E-state index in [9.17, 15) is 9.90 Å². The zero-order valence-corrected chi connectivity index (χ0v) is 12.1. The predicted octanol–water partition coefficient (Wildman–Crippen LogP) is 1.41. The van der Waals surface area contributed by atoms with Crippen molar-refractivity contribution in [1.82, 2.24) is 9.88 Å². The summed E-state index contributed by atoms with van der Waals surface area (Å²) in [5.74, 6) is -0.202. The van der Waals surface area contributed by atoms with Crippen LogP contribution in [0.4, 0.5) is 5.82 Å². The number of piperazine rings is 1. The molecule has 1 saturated heterocycles. The summed E-state index contributed by atoms with van der Waals surface area (Å²) in [5, 5.41) is 9.47. The van der Waals surface area contributed by atoms with E-state index in [-0.39, 0.29) is 0 Å². The lowest BCUT2D eigenvalue weighted by Gasteiger charge is -2.38. The van der Waals surface area contributed by atoms with Crippen LogP contribution >= 0.6 is 0 Å². The van der Waals surface area contributed by atoms with Crippen LogP contribution in [0.15, 0.2) is 6.07 Å². The van der Waals surface area contributed by atoms with E-state index in [1.165, 1.54) is 0 Å². The molecule has 5 heteroatoms. The molecule has 0 spiro atoms. The molecule has 1 N–H and O–H groups in total. The Labute approximate surface area is 119 Å². The van der Waals surface area contributed by atoms with Crippen molar-refractivity contribution in [3.63, 3.8) is 0 Å². The number of nitrogens with zero attached hydrogens (tertiary/aromatic N) is 3. The zero-order valence-electron chi connectivity index (χ0n) is 12.1. The average molecular weight is 275 g/mol. The number of rotatable bonds is 2. The number of fused-ring (bicyclic) bond motifs is 1. The number of hydrogen-bond donors (Lipinski definition) is 1. The summed E-state index contributed by atoms with van der Waals surface area (Å²) in [6, 6.07) is 2.26. The molecule has 1 aromatic rings. The van der Waals surface area contributed by atoms with Crippen molar-refractivity contribution in [2.75, 3.05) is 31.6 Å². The number of aryl methyl sites for hydroxylation is 2. The van der Waals surface area contributed by atoms with Crippen LogP contribution < -0.4 is 4.90 Å². The van der Waals surface area contributed by atoms with Crippen molar-refractivity contribution in [1.29, 1.82) is 0 Å². The molecule has 1 aliphatic carbocycles. The van der Waals surface area contributed by atoms with E-state index >= 15 is 0 Å². The van der Waals surface area contributed by atoms with Crippen molar-refractivity contribution < 1.29 is 9.90 Å². The van der Waals surface area contributed by atoms with Gasteiger partial charge < -0.3 is 14.9 Å². The monoisotopic (exact) mass is 275 g/mol. The van der Waals surface area contributed by atoms with E-state index in [1.54, 1.807) is 0 Å². The third kappa shape index (κ3) is 2.26. The topological polar surface area (TPSA) is 56.7 Å². The van der Waals surface area contributed by atoms with Crippen molar-refractivity contribution >= 4 is 11.8 Å². The van der Waals surface area contributed by atoms with Crippen molar-refractivity contribution in [3.05, 3.63) is 22.9 Å². The standard InChI is InChI=1S/C15H21N3O2/c1-10-9-18(7-6-17(10)2)14-12(15(19)20)8-11-4-3-5-13(11)16-14/h8,10H,3-7,9H2,1-2H3,(H,19,20). The Morgan fingerprint density at radius 1 is 1.40 bits per heavy atom. The highest BCUT2D eigenvalue weighted by molar-refractivity contribution is 5.93. The van der Waals surface area contributed by atoms with Gasteiger partial charge in [0.25, 0.3) is 0 Å². The van der Waals surface area contributed by atoms with Gasteiger partial charge in [0.2, 0.25) is 0 Å². The largest absolute Gasteiger partial charge is 0.478 e. The molecule has 5 nitrogen and oxygen atoms in total. The molecule has 0 aromatic carbocycles. The molecule has 20 heavy (non-hydrogen) atoms.